The normalized spacial score (nSPS) is 11.3. The van der Waals surface area contributed by atoms with Crippen molar-refractivity contribution in [1.29, 1.82) is 0 Å². The second-order valence-corrected chi connectivity index (χ2v) is 2.40. The van der Waals surface area contributed by atoms with Gasteiger partial charge in [0, 0.05) is 5.56 Å². The van der Waals surface area contributed by atoms with Gasteiger partial charge in [0.25, 0.3) is 0 Å². The zero-order valence-electron chi connectivity index (χ0n) is 7.06. The van der Waals surface area contributed by atoms with Crippen molar-refractivity contribution in [2.24, 2.45) is 0 Å². The number of hydrogen-bond acceptors (Lipinski definition) is 4. The van der Waals surface area contributed by atoms with E-state index in [0.29, 0.717) is 11.8 Å². The SMILES string of the molecule is COc1cc(C(O)=CO)ccc1O. The van der Waals surface area contributed by atoms with Gasteiger partial charge in [-0.1, -0.05) is 0 Å². The van der Waals surface area contributed by atoms with Gasteiger partial charge in [-0.25, -0.2) is 0 Å². The minimum Gasteiger partial charge on any atom is -0.512 e. The van der Waals surface area contributed by atoms with Gasteiger partial charge < -0.3 is 20.1 Å². The minimum absolute atomic E-state index is 0.0167. The van der Waals surface area contributed by atoms with Crippen LogP contribution in [0.15, 0.2) is 24.5 Å². The van der Waals surface area contributed by atoms with E-state index in [1.165, 1.54) is 25.3 Å². The molecule has 0 aromatic heterocycles. The number of phenolic OH excluding ortho intramolecular Hbond substituents is 1. The molecule has 0 bridgehead atoms. The molecule has 0 aliphatic carbocycles. The van der Waals surface area contributed by atoms with Crippen LogP contribution < -0.4 is 4.74 Å². The van der Waals surface area contributed by atoms with Gasteiger partial charge in [-0.3, -0.25) is 0 Å². The van der Waals surface area contributed by atoms with E-state index in [1.54, 1.807) is 0 Å². The molecule has 0 unspecified atom stereocenters. The molecule has 0 radical (unpaired) electrons. The predicted molar refractivity (Wildman–Crippen MR) is 47.9 cm³/mol. The molecule has 4 nitrogen and oxygen atoms in total. The first-order chi connectivity index (χ1) is 6.19. The molecule has 0 heterocycles. The molecule has 0 spiro atoms. The average Bonchev–Trinajstić information content (AvgIpc) is 2.17. The molecule has 0 saturated carbocycles. The molecule has 1 aromatic carbocycles. The Morgan fingerprint density at radius 3 is 2.69 bits per heavy atom. The van der Waals surface area contributed by atoms with Crippen LogP contribution in [0.3, 0.4) is 0 Å². The summed E-state index contributed by atoms with van der Waals surface area (Å²) in [6.07, 6.45) is 0.575. The molecule has 13 heavy (non-hydrogen) atoms. The number of benzene rings is 1. The van der Waals surface area contributed by atoms with Gasteiger partial charge in [0.05, 0.1) is 7.11 Å². The number of aromatic hydroxyl groups is 1. The van der Waals surface area contributed by atoms with Crippen LogP contribution in [-0.2, 0) is 0 Å². The van der Waals surface area contributed by atoms with Crippen LogP contribution in [0.4, 0.5) is 0 Å². The van der Waals surface area contributed by atoms with Crippen LogP contribution in [0, 0.1) is 0 Å². The van der Waals surface area contributed by atoms with E-state index >= 15 is 0 Å². The van der Waals surface area contributed by atoms with Gasteiger partial charge in [-0.05, 0) is 18.2 Å². The lowest BCUT2D eigenvalue weighted by molar-refractivity contribution is 0.372. The van der Waals surface area contributed by atoms with E-state index in [-0.39, 0.29) is 17.3 Å². The molecule has 0 aliphatic rings. The maximum atomic E-state index is 9.20. The Bertz CT molecular complexity index is 330. The zero-order valence-corrected chi connectivity index (χ0v) is 7.06. The zero-order chi connectivity index (χ0) is 9.84. The van der Waals surface area contributed by atoms with Crippen LogP contribution in [0.5, 0.6) is 11.5 Å². The molecule has 1 rings (SSSR count). The summed E-state index contributed by atoms with van der Waals surface area (Å²) >= 11 is 0. The van der Waals surface area contributed by atoms with Crippen LogP contribution >= 0.6 is 0 Å². The summed E-state index contributed by atoms with van der Waals surface area (Å²) in [5.41, 5.74) is 0.372. The van der Waals surface area contributed by atoms with Crippen LogP contribution in [-0.4, -0.2) is 22.4 Å². The van der Waals surface area contributed by atoms with E-state index in [4.69, 9.17) is 14.9 Å². The van der Waals surface area contributed by atoms with Gasteiger partial charge in [0.15, 0.2) is 17.3 Å². The van der Waals surface area contributed by atoms with Crippen LogP contribution in [0.25, 0.3) is 5.76 Å². The first kappa shape index (κ1) is 9.25. The van der Waals surface area contributed by atoms with Crippen molar-refractivity contribution in [2.45, 2.75) is 0 Å². The topological polar surface area (TPSA) is 69.9 Å². The van der Waals surface area contributed by atoms with E-state index in [0.717, 1.165) is 0 Å². The number of rotatable bonds is 2. The molecule has 4 heteroatoms. The smallest absolute Gasteiger partial charge is 0.161 e. The minimum atomic E-state index is -0.279. The first-order valence-electron chi connectivity index (χ1n) is 3.59. The van der Waals surface area contributed by atoms with Crippen molar-refractivity contribution in [3.8, 4) is 11.5 Å². The Morgan fingerprint density at radius 2 is 2.15 bits per heavy atom. The maximum absolute atomic E-state index is 9.20. The third-order valence-electron chi connectivity index (χ3n) is 1.60. The molecule has 70 valence electrons. The number of hydrogen-bond donors (Lipinski definition) is 3. The molecule has 0 aliphatic heterocycles. The van der Waals surface area contributed by atoms with E-state index in [2.05, 4.69) is 0 Å². The van der Waals surface area contributed by atoms with Gasteiger partial charge in [0.1, 0.15) is 6.26 Å². The van der Waals surface area contributed by atoms with Crippen LogP contribution in [0.2, 0.25) is 0 Å². The van der Waals surface area contributed by atoms with Crippen LogP contribution in [0.1, 0.15) is 5.56 Å². The second-order valence-electron chi connectivity index (χ2n) is 2.40. The van der Waals surface area contributed by atoms with E-state index < -0.39 is 0 Å². The van der Waals surface area contributed by atoms with E-state index in [9.17, 15) is 5.11 Å². The van der Waals surface area contributed by atoms with Crippen molar-refractivity contribution in [3.63, 3.8) is 0 Å². The molecule has 0 fully saturated rings. The fourth-order valence-electron chi connectivity index (χ4n) is 0.911. The lowest BCUT2D eigenvalue weighted by Crippen LogP contribution is -1.87. The van der Waals surface area contributed by atoms with Gasteiger partial charge in [0.2, 0.25) is 0 Å². The average molecular weight is 182 g/mol. The summed E-state index contributed by atoms with van der Waals surface area (Å²) in [6.45, 7) is 0. The number of methoxy groups -OCH3 is 1. The summed E-state index contributed by atoms with van der Waals surface area (Å²) in [4.78, 5) is 0. The lowest BCUT2D eigenvalue weighted by atomic mass is 10.2. The molecule has 1 aromatic rings. The monoisotopic (exact) mass is 182 g/mol. The predicted octanol–water partition coefficient (Wildman–Crippen LogP) is 1.82. The number of ether oxygens (including phenoxy) is 1. The van der Waals surface area contributed by atoms with Crippen molar-refractivity contribution in [2.75, 3.05) is 7.11 Å². The molecule has 0 saturated heterocycles. The standard InChI is InChI=1S/C9H10O4/c1-13-9-4-6(8(12)5-10)2-3-7(9)11/h2-5,10-12H,1H3. The summed E-state index contributed by atoms with van der Waals surface area (Å²) in [5, 5.41) is 26.8. The quantitative estimate of drug-likeness (QED) is 0.610. The molecule has 0 atom stereocenters. The number of aliphatic hydroxyl groups is 2. The van der Waals surface area contributed by atoms with E-state index in [1.807, 2.05) is 0 Å². The summed E-state index contributed by atoms with van der Waals surface area (Å²) in [7, 11) is 1.40. The third kappa shape index (κ3) is 1.84. The molecular weight excluding hydrogens is 172 g/mol. The van der Waals surface area contributed by atoms with Crippen molar-refractivity contribution < 1.29 is 20.1 Å². The summed E-state index contributed by atoms with van der Waals surface area (Å²) in [6, 6.07) is 4.24. The highest BCUT2D eigenvalue weighted by molar-refractivity contribution is 5.61. The molecule has 0 amide bonds. The van der Waals surface area contributed by atoms with Gasteiger partial charge in [-0.15, -0.1) is 0 Å². The maximum Gasteiger partial charge on any atom is 0.161 e. The lowest BCUT2D eigenvalue weighted by Gasteiger charge is -2.04. The largest absolute Gasteiger partial charge is 0.512 e. The Balaban J connectivity index is 3.13. The number of aliphatic hydroxyl groups excluding tert-OH is 2. The summed E-state index contributed by atoms with van der Waals surface area (Å²) in [5.74, 6) is -0.0545. The fourth-order valence-corrected chi connectivity index (χ4v) is 0.911. The van der Waals surface area contributed by atoms with Gasteiger partial charge in [-0.2, -0.15) is 0 Å². The third-order valence-corrected chi connectivity index (χ3v) is 1.60. The Kier molecular flexibility index (Phi) is 2.64. The van der Waals surface area contributed by atoms with Crippen molar-refractivity contribution >= 4 is 5.76 Å². The Hall–Kier alpha value is -1.84. The van der Waals surface area contributed by atoms with Crippen molar-refractivity contribution in [3.05, 3.63) is 30.0 Å². The fraction of sp³-hybridized carbons (Fsp3) is 0.111. The second kappa shape index (κ2) is 3.71. The van der Waals surface area contributed by atoms with Crippen molar-refractivity contribution in [1.82, 2.24) is 0 Å². The highest BCUT2D eigenvalue weighted by Gasteiger charge is 2.04. The summed E-state index contributed by atoms with van der Waals surface area (Å²) < 4.78 is 4.81. The Labute approximate surface area is 75.3 Å². The highest BCUT2D eigenvalue weighted by atomic mass is 16.5. The highest BCUT2D eigenvalue weighted by Crippen LogP contribution is 2.28. The first-order valence-corrected chi connectivity index (χ1v) is 3.59. The number of phenols is 1. The Morgan fingerprint density at radius 1 is 1.46 bits per heavy atom. The van der Waals surface area contributed by atoms with Gasteiger partial charge >= 0.3 is 0 Å². The molecule has 3 N–H and O–H groups in total. The molecular formula is C9H10O4.